The third-order valence-corrected chi connectivity index (χ3v) is 6.63. The number of hydrogen-bond acceptors (Lipinski definition) is 7. The summed E-state index contributed by atoms with van der Waals surface area (Å²) >= 11 is 3.34. The minimum Gasteiger partial charge on any atom is -0.377 e. The molecule has 0 atom stereocenters. The Bertz CT molecular complexity index is 703. The van der Waals surface area contributed by atoms with Crippen molar-refractivity contribution < 1.29 is 14.2 Å². The molecule has 25 heavy (non-hydrogen) atoms. The van der Waals surface area contributed by atoms with E-state index in [1.165, 1.54) is 20.9 Å². The van der Waals surface area contributed by atoms with E-state index < -0.39 is 0 Å². The SMILES string of the molecule is Cc1sc2c(C)c1COCCOCCOCc1c(C)sc(c1C)/N=N/2. The number of hydrogen-bond donors (Lipinski definition) is 0. The second kappa shape index (κ2) is 8.51. The van der Waals surface area contributed by atoms with Gasteiger partial charge in [-0.05, 0) is 49.9 Å². The van der Waals surface area contributed by atoms with Crippen molar-refractivity contribution in [1.29, 1.82) is 0 Å². The third kappa shape index (κ3) is 4.35. The summed E-state index contributed by atoms with van der Waals surface area (Å²) in [6.07, 6.45) is 0. The first-order valence-corrected chi connectivity index (χ1v) is 10.0. The predicted octanol–water partition coefficient (Wildman–Crippen LogP) is 5.52. The van der Waals surface area contributed by atoms with Gasteiger partial charge in [-0.25, -0.2) is 0 Å². The molecule has 0 saturated carbocycles. The summed E-state index contributed by atoms with van der Waals surface area (Å²) < 4.78 is 17.1. The van der Waals surface area contributed by atoms with E-state index >= 15 is 0 Å². The van der Waals surface area contributed by atoms with Gasteiger partial charge >= 0.3 is 0 Å². The van der Waals surface area contributed by atoms with Gasteiger partial charge in [0.2, 0.25) is 0 Å². The number of aryl methyl sites for hydroxylation is 2. The Kier molecular flexibility index (Phi) is 6.35. The van der Waals surface area contributed by atoms with Crippen LogP contribution in [0.1, 0.15) is 32.0 Å². The van der Waals surface area contributed by atoms with E-state index in [-0.39, 0.29) is 0 Å². The molecular formula is C18H24N2O3S2. The van der Waals surface area contributed by atoms with E-state index in [9.17, 15) is 0 Å². The van der Waals surface area contributed by atoms with Crippen LogP contribution in [0.4, 0.5) is 10.0 Å². The van der Waals surface area contributed by atoms with E-state index in [4.69, 9.17) is 14.2 Å². The van der Waals surface area contributed by atoms with E-state index in [2.05, 4.69) is 37.9 Å². The van der Waals surface area contributed by atoms with Crippen LogP contribution in [0.2, 0.25) is 0 Å². The molecule has 5 nitrogen and oxygen atoms in total. The molecule has 4 bridgehead atoms. The highest BCUT2D eigenvalue weighted by Gasteiger charge is 2.15. The number of nitrogens with zero attached hydrogens (tertiary/aromatic N) is 2. The molecule has 1 aliphatic rings. The van der Waals surface area contributed by atoms with Crippen LogP contribution >= 0.6 is 22.7 Å². The van der Waals surface area contributed by atoms with Gasteiger partial charge in [0, 0.05) is 9.75 Å². The minimum atomic E-state index is 0.581. The summed E-state index contributed by atoms with van der Waals surface area (Å²) in [6.45, 7) is 11.9. The maximum Gasteiger partial charge on any atom is 0.142 e. The van der Waals surface area contributed by atoms with Gasteiger partial charge in [-0.15, -0.1) is 32.9 Å². The van der Waals surface area contributed by atoms with Crippen molar-refractivity contribution in [2.45, 2.75) is 40.9 Å². The Morgan fingerprint density at radius 3 is 1.48 bits per heavy atom. The third-order valence-electron chi connectivity index (χ3n) is 4.36. The molecule has 136 valence electrons. The molecule has 0 aromatic carbocycles. The van der Waals surface area contributed by atoms with Gasteiger partial charge in [-0.1, -0.05) is 0 Å². The fraction of sp³-hybridized carbons (Fsp3) is 0.556. The quantitative estimate of drug-likeness (QED) is 0.604. The molecule has 1 aliphatic heterocycles. The number of fused-ring (bicyclic) bond motifs is 4. The van der Waals surface area contributed by atoms with Gasteiger partial charge in [-0.2, -0.15) is 0 Å². The molecule has 0 saturated heterocycles. The van der Waals surface area contributed by atoms with Crippen molar-refractivity contribution in [1.82, 2.24) is 0 Å². The van der Waals surface area contributed by atoms with Gasteiger partial charge in [0.1, 0.15) is 10.0 Å². The lowest BCUT2D eigenvalue weighted by molar-refractivity contribution is 0.00688. The first kappa shape index (κ1) is 18.7. The summed E-state index contributed by atoms with van der Waals surface area (Å²) in [4.78, 5) is 2.48. The highest BCUT2D eigenvalue weighted by atomic mass is 32.1. The fourth-order valence-electron chi connectivity index (χ4n) is 2.74. The fourth-order valence-corrected chi connectivity index (χ4v) is 4.71. The average molecular weight is 381 g/mol. The molecule has 2 aromatic rings. The Balaban J connectivity index is 1.91. The molecule has 2 aromatic heterocycles. The zero-order chi connectivity index (χ0) is 17.8. The standard InChI is InChI=1S/C18H24N2O3S2/c1-11-15-9-22-7-5-21-6-8-23-10-16-12(2)18(25-14(16)4)20-19-17(11)24-13(15)3/h5-10H2,1-4H3/b20-19+. The maximum atomic E-state index is 5.75. The lowest BCUT2D eigenvalue weighted by Crippen LogP contribution is -2.09. The Morgan fingerprint density at radius 2 is 1.04 bits per heavy atom. The monoisotopic (exact) mass is 380 g/mol. The van der Waals surface area contributed by atoms with Crippen molar-refractivity contribution in [3.8, 4) is 0 Å². The lowest BCUT2D eigenvalue weighted by atomic mass is 10.2. The van der Waals surface area contributed by atoms with Gasteiger partial charge in [0.25, 0.3) is 0 Å². The van der Waals surface area contributed by atoms with Crippen LogP contribution in [0, 0.1) is 27.7 Å². The summed E-state index contributed by atoms with van der Waals surface area (Å²) in [5.41, 5.74) is 4.75. The number of azo groups is 1. The van der Waals surface area contributed by atoms with Crippen molar-refractivity contribution in [3.63, 3.8) is 0 Å². The normalized spacial score (nSPS) is 18.1. The molecule has 0 aliphatic carbocycles. The van der Waals surface area contributed by atoms with Gasteiger partial charge in [0.05, 0.1) is 39.6 Å². The molecule has 0 unspecified atom stereocenters. The number of ether oxygens (including phenoxy) is 3. The lowest BCUT2D eigenvalue weighted by Gasteiger charge is -2.08. The number of thiophene rings is 2. The highest BCUT2D eigenvalue weighted by Crippen LogP contribution is 2.39. The van der Waals surface area contributed by atoms with Crippen LogP contribution < -0.4 is 0 Å². The predicted molar refractivity (Wildman–Crippen MR) is 102 cm³/mol. The molecule has 0 spiro atoms. The Labute approximate surface area is 156 Å². The van der Waals surface area contributed by atoms with Crippen molar-refractivity contribution in [2.75, 3.05) is 26.4 Å². The molecule has 0 fully saturated rings. The van der Waals surface area contributed by atoms with E-state index in [1.54, 1.807) is 22.7 Å². The zero-order valence-corrected chi connectivity index (χ0v) is 16.8. The Morgan fingerprint density at radius 1 is 0.640 bits per heavy atom. The average Bonchev–Trinajstić information content (AvgIpc) is 3.00. The topological polar surface area (TPSA) is 52.4 Å². The van der Waals surface area contributed by atoms with Gasteiger partial charge in [0.15, 0.2) is 0 Å². The summed E-state index contributed by atoms with van der Waals surface area (Å²) in [5, 5.41) is 11.0. The molecule has 7 heteroatoms. The number of rotatable bonds is 0. The largest absolute Gasteiger partial charge is 0.377 e. The summed E-state index contributed by atoms with van der Waals surface area (Å²) in [6, 6.07) is 0. The maximum absolute atomic E-state index is 5.75. The van der Waals surface area contributed by atoms with Crippen LogP contribution in [0.3, 0.4) is 0 Å². The second-order valence-corrected chi connectivity index (χ2v) is 8.46. The summed E-state index contributed by atoms with van der Waals surface area (Å²) in [7, 11) is 0. The van der Waals surface area contributed by atoms with Gasteiger partial charge in [-0.3, -0.25) is 0 Å². The van der Waals surface area contributed by atoms with E-state index in [0.717, 1.165) is 21.1 Å². The van der Waals surface area contributed by atoms with Crippen molar-refractivity contribution in [3.05, 3.63) is 32.0 Å². The Hall–Kier alpha value is -1.12. The second-order valence-electron chi connectivity index (χ2n) is 6.05. The molecule has 3 rings (SSSR count). The highest BCUT2D eigenvalue weighted by molar-refractivity contribution is 7.16. The first-order valence-electron chi connectivity index (χ1n) is 8.40. The molecule has 0 radical (unpaired) electrons. The minimum absolute atomic E-state index is 0.581. The molecular weight excluding hydrogens is 356 g/mol. The molecule has 3 heterocycles. The van der Waals surface area contributed by atoms with Crippen molar-refractivity contribution in [2.24, 2.45) is 10.2 Å². The van der Waals surface area contributed by atoms with Crippen molar-refractivity contribution >= 4 is 32.7 Å². The van der Waals surface area contributed by atoms with E-state index in [1.807, 2.05) is 0 Å². The van der Waals surface area contributed by atoms with Crippen LogP contribution in [0.5, 0.6) is 0 Å². The van der Waals surface area contributed by atoms with Crippen LogP contribution in [0.15, 0.2) is 10.2 Å². The molecule has 0 N–H and O–H groups in total. The van der Waals surface area contributed by atoms with Crippen LogP contribution in [-0.4, -0.2) is 26.4 Å². The zero-order valence-electron chi connectivity index (χ0n) is 15.2. The smallest absolute Gasteiger partial charge is 0.142 e. The van der Waals surface area contributed by atoms with Crippen LogP contribution in [0.25, 0.3) is 0 Å². The summed E-state index contributed by atoms with van der Waals surface area (Å²) in [5.74, 6) is 0. The molecule has 0 amide bonds. The first-order chi connectivity index (χ1) is 12.1. The van der Waals surface area contributed by atoms with Crippen LogP contribution in [-0.2, 0) is 27.4 Å². The van der Waals surface area contributed by atoms with Gasteiger partial charge < -0.3 is 14.2 Å². The van der Waals surface area contributed by atoms with E-state index in [0.29, 0.717) is 39.6 Å².